The molecule has 2 saturated heterocycles. The normalized spacial score (nSPS) is 24.0. The molecule has 1 aliphatic carbocycles. The highest BCUT2D eigenvalue weighted by molar-refractivity contribution is 5.40. The van der Waals surface area contributed by atoms with E-state index in [1.54, 1.807) is 14.2 Å². The molecular weight excluding hydrogens is 376 g/mol. The predicted octanol–water partition coefficient (Wildman–Crippen LogP) is 4.34. The quantitative estimate of drug-likeness (QED) is 0.598. The Balaban J connectivity index is 1.37. The van der Waals surface area contributed by atoms with Crippen molar-refractivity contribution in [3.8, 4) is 11.5 Å². The van der Waals surface area contributed by atoms with Crippen molar-refractivity contribution >= 4 is 0 Å². The Morgan fingerprint density at radius 2 is 1.77 bits per heavy atom. The van der Waals surface area contributed by atoms with Crippen molar-refractivity contribution in [2.45, 2.75) is 70.1 Å². The molecule has 1 saturated carbocycles. The second-order valence-electron chi connectivity index (χ2n) is 9.42. The summed E-state index contributed by atoms with van der Waals surface area (Å²) < 4.78 is 17.0. The van der Waals surface area contributed by atoms with Gasteiger partial charge in [0.25, 0.3) is 0 Å². The maximum Gasteiger partial charge on any atom is 0.127 e. The van der Waals surface area contributed by atoms with Crippen LogP contribution in [0.25, 0.3) is 0 Å². The maximum atomic E-state index is 5.99. The Morgan fingerprint density at radius 1 is 0.967 bits per heavy atom. The van der Waals surface area contributed by atoms with E-state index in [1.165, 1.54) is 70.0 Å². The number of methoxy groups -OCH3 is 2. The van der Waals surface area contributed by atoms with Gasteiger partial charge >= 0.3 is 0 Å². The summed E-state index contributed by atoms with van der Waals surface area (Å²) in [4.78, 5) is 5.40. The standard InChI is InChI=1S/C25H40N2O3/c1-28-23-10-9-21(25(16-23)29-2)18-26(19-24-8-5-15-30-24)17-20-11-13-27(14-12-20)22-6-3-4-7-22/h9-10,16,20,22,24H,3-8,11-15,17-19H2,1-2H3/t24-/m1/s1. The number of likely N-dealkylation sites (tertiary alicyclic amines) is 1. The Hall–Kier alpha value is -1.30. The molecule has 1 aromatic rings. The summed E-state index contributed by atoms with van der Waals surface area (Å²) in [5.74, 6) is 2.55. The van der Waals surface area contributed by atoms with E-state index in [2.05, 4.69) is 15.9 Å². The molecule has 0 N–H and O–H groups in total. The van der Waals surface area contributed by atoms with E-state index < -0.39 is 0 Å². The van der Waals surface area contributed by atoms with Crippen molar-refractivity contribution in [1.82, 2.24) is 9.80 Å². The fraction of sp³-hybridized carbons (Fsp3) is 0.760. The van der Waals surface area contributed by atoms with Crippen LogP contribution in [-0.4, -0.2) is 69.0 Å². The molecule has 168 valence electrons. The van der Waals surface area contributed by atoms with E-state index in [9.17, 15) is 0 Å². The molecule has 1 aromatic carbocycles. The van der Waals surface area contributed by atoms with Gasteiger partial charge in [0.2, 0.25) is 0 Å². The predicted molar refractivity (Wildman–Crippen MR) is 120 cm³/mol. The second kappa shape index (κ2) is 10.8. The molecule has 0 spiro atoms. The molecule has 0 aromatic heterocycles. The van der Waals surface area contributed by atoms with Crippen LogP contribution >= 0.6 is 0 Å². The summed E-state index contributed by atoms with van der Waals surface area (Å²) in [7, 11) is 3.46. The highest BCUT2D eigenvalue weighted by atomic mass is 16.5. The lowest BCUT2D eigenvalue weighted by Crippen LogP contribution is -2.43. The maximum absolute atomic E-state index is 5.99. The van der Waals surface area contributed by atoms with E-state index in [-0.39, 0.29) is 0 Å². The molecule has 2 aliphatic heterocycles. The lowest BCUT2D eigenvalue weighted by Gasteiger charge is -2.38. The van der Waals surface area contributed by atoms with Crippen LogP contribution in [0.2, 0.25) is 0 Å². The largest absolute Gasteiger partial charge is 0.497 e. The van der Waals surface area contributed by atoms with Gasteiger partial charge in [-0.2, -0.15) is 0 Å². The number of hydrogen-bond acceptors (Lipinski definition) is 5. The molecule has 5 heteroatoms. The first-order chi connectivity index (χ1) is 14.7. The minimum atomic E-state index is 0.382. The van der Waals surface area contributed by atoms with Crippen LogP contribution in [0.1, 0.15) is 56.9 Å². The van der Waals surface area contributed by atoms with Gasteiger partial charge in [-0.1, -0.05) is 18.9 Å². The lowest BCUT2D eigenvalue weighted by atomic mass is 9.94. The van der Waals surface area contributed by atoms with Gasteiger partial charge in [-0.3, -0.25) is 4.90 Å². The fourth-order valence-electron chi connectivity index (χ4n) is 5.64. The van der Waals surface area contributed by atoms with Gasteiger partial charge in [0.1, 0.15) is 11.5 Å². The molecule has 0 unspecified atom stereocenters. The Kier molecular flexibility index (Phi) is 7.91. The summed E-state index contributed by atoms with van der Waals surface area (Å²) in [5, 5.41) is 0. The third kappa shape index (κ3) is 5.68. The van der Waals surface area contributed by atoms with Crippen molar-refractivity contribution in [1.29, 1.82) is 0 Å². The van der Waals surface area contributed by atoms with Crippen LogP contribution in [0, 0.1) is 5.92 Å². The van der Waals surface area contributed by atoms with Crippen molar-refractivity contribution < 1.29 is 14.2 Å². The Labute approximate surface area is 182 Å². The van der Waals surface area contributed by atoms with E-state index in [4.69, 9.17) is 14.2 Å². The zero-order valence-electron chi connectivity index (χ0n) is 19.0. The zero-order chi connectivity index (χ0) is 20.8. The van der Waals surface area contributed by atoms with E-state index in [0.29, 0.717) is 6.10 Å². The highest BCUT2D eigenvalue weighted by Gasteiger charge is 2.29. The number of benzene rings is 1. The van der Waals surface area contributed by atoms with E-state index >= 15 is 0 Å². The first-order valence-corrected chi connectivity index (χ1v) is 12.0. The first kappa shape index (κ1) is 21.9. The van der Waals surface area contributed by atoms with Gasteiger partial charge in [-0.25, -0.2) is 0 Å². The summed E-state index contributed by atoms with van der Waals surface area (Å²) in [5.41, 5.74) is 1.24. The highest BCUT2D eigenvalue weighted by Crippen LogP contribution is 2.30. The van der Waals surface area contributed by atoms with Crippen LogP contribution < -0.4 is 9.47 Å². The molecule has 4 rings (SSSR count). The van der Waals surface area contributed by atoms with Gasteiger partial charge in [-0.05, 0) is 63.6 Å². The number of ether oxygens (including phenoxy) is 3. The van der Waals surface area contributed by atoms with Gasteiger partial charge in [-0.15, -0.1) is 0 Å². The van der Waals surface area contributed by atoms with Gasteiger partial charge < -0.3 is 19.1 Å². The Morgan fingerprint density at radius 3 is 2.43 bits per heavy atom. The minimum Gasteiger partial charge on any atom is -0.497 e. The van der Waals surface area contributed by atoms with Crippen LogP contribution in [-0.2, 0) is 11.3 Å². The summed E-state index contributed by atoms with van der Waals surface area (Å²) in [6.45, 7) is 6.59. The molecule has 2 heterocycles. The molecule has 3 fully saturated rings. The van der Waals surface area contributed by atoms with Crippen molar-refractivity contribution in [3.63, 3.8) is 0 Å². The van der Waals surface area contributed by atoms with Crippen LogP contribution in [0.3, 0.4) is 0 Å². The third-order valence-corrected chi connectivity index (χ3v) is 7.38. The topological polar surface area (TPSA) is 34.2 Å². The number of hydrogen-bond donors (Lipinski definition) is 0. The summed E-state index contributed by atoms with van der Waals surface area (Å²) in [6.07, 6.45) is 11.2. The van der Waals surface area contributed by atoms with Crippen molar-refractivity contribution in [2.24, 2.45) is 5.92 Å². The van der Waals surface area contributed by atoms with Crippen molar-refractivity contribution in [3.05, 3.63) is 23.8 Å². The molecular formula is C25H40N2O3. The molecule has 0 bridgehead atoms. The molecule has 5 nitrogen and oxygen atoms in total. The van der Waals surface area contributed by atoms with Gasteiger partial charge in [0.05, 0.1) is 20.3 Å². The van der Waals surface area contributed by atoms with Gasteiger partial charge in [0, 0.05) is 43.9 Å². The first-order valence-electron chi connectivity index (χ1n) is 12.0. The van der Waals surface area contributed by atoms with Crippen LogP contribution in [0.15, 0.2) is 18.2 Å². The molecule has 3 aliphatic rings. The van der Waals surface area contributed by atoms with Crippen LogP contribution in [0.5, 0.6) is 11.5 Å². The summed E-state index contributed by atoms with van der Waals surface area (Å²) >= 11 is 0. The lowest BCUT2D eigenvalue weighted by molar-refractivity contribution is 0.0537. The number of rotatable bonds is 9. The van der Waals surface area contributed by atoms with Crippen molar-refractivity contribution in [2.75, 3.05) is 47.0 Å². The van der Waals surface area contributed by atoms with Crippen LogP contribution in [0.4, 0.5) is 0 Å². The third-order valence-electron chi connectivity index (χ3n) is 7.38. The number of piperidine rings is 1. The zero-order valence-corrected chi connectivity index (χ0v) is 19.0. The fourth-order valence-corrected chi connectivity index (χ4v) is 5.64. The summed E-state index contributed by atoms with van der Waals surface area (Å²) in [6, 6.07) is 7.07. The SMILES string of the molecule is COc1ccc(CN(CC2CCN(C3CCCC3)CC2)C[C@H]2CCCO2)c(OC)c1. The van der Waals surface area contributed by atoms with Gasteiger partial charge in [0.15, 0.2) is 0 Å². The molecule has 1 atom stereocenters. The molecule has 0 radical (unpaired) electrons. The molecule has 0 amide bonds. The number of nitrogens with zero attached hydrogens (tertiary/aromatic N) is 2. The average molecular weight is 417 g/mol. The smallest absolute Gasteiger partial charge is 0.127 e. The van der Waals surface area contributed by atoms with E-state index in [0.717, 1.165) is 49.7 Å². The average Bonchev–Trinajstić information content (AvgIpc) is 3.49. The Bertz CT molecular complexity index is 648. The monoisotopic (exact) mass is 416 g/mol. The minimum absolute atomic E-state index is 0.382. The second-order valence-corrected chi connectivity index (χ2v) is 9.42. The van der Waals surface area contributed by atoms with E-state index in [1.807, 2.05) is 12.1 Å². The molecule has 30 heavy (non-hydrogen) atoms.